The van der Waals surface area contributed by atoms with Crippen LogP contribution in [0, 0.1) is 0 Å². The highest BCUT2D eigenvalue weighted by Crippen LogP contribution is 2.53. The lowest BCUT2D eigenvalue weighted by Crippen LogP contribution is -2.61. The van der Waals surface area contributed by atoms with Crippen molar-refractivity contribution in [3.63, 3.8) is 0 Å². The van der Waals surface area contributed by atoms with Gasteiger partial charge in [0.15, 0.2) is 0 Å². The number of halogens is 9. The van der Waals surface area contributed by atoms with Gasteiger partial charge in [0, 0.05) is 32.5 Å². The van der Waals surface area contributed by atoms with E-state index in [1.807, 2.05) is 5.32 Å². The van der Waals surface area contributed by atoms with Gasteiger partial charge in [-0.05, 0) is 6.42 Å². The molecule has 0 unspecified atom stereocenters. The second-order valence-corrected chi connectivity index (χ2v) is 7.15. The summed E-state index contributed by atoms with van der Waals surface area (Å²) in [5.74, 6) is -19.8. The summed E-state index contributed by atoms with van der Waals surface area (Å²) in [5, 5.41) is 6.27. The van der Waals surface area contributed by atoms with Crippen LogP contribution < -0.4 is 16.0 Å². The van der Waals surface area contributed by atoms with Crippen LogP contribution in [0.15, 0.2) is 0 Å². The number of hydrogen-bond acceptors (Lipinski definition) is 2. The summed E-state index contributed by atoms with van der Waals surface area (Å²) >= 11 is 0. The molecule has 0 atom stereocenters. The summed E-state index contributed by atoms with van der Waals surface area (Å²) in [6, 6.07) is -1.18. The van der Waals surface area contributed by atoms with E-state index in [1.165, 1.54) is 0 Å². The van der Waals surface area contributed by atoms with Gasteiger partial charge in [-0.25, -0.2) is 4.79 Å². The predicted molar refractivity (Wildman–Crippen MR) is 97.9 cm³/mol. The third-order valence-electron chi connectivity index (χ3n) is 4.42. The average Bonchev–Trinajstić information content (AvgIpc) is 2.66. The highest BCUT2D eigenvalue weighted by Gasteiger charge is 2.81. The molecule has 3 N–H and O–H groups in total. The SMILES string of the molecule is CCCCCCCCNC(=O)CCNC(=O)NCCC(F)(F)C(F)(F)C(F)(F)C(F)(F)F. The van der Waals surface area contributed by atoms with Crippen molar-refractivity contribution < 1.29 is 49.1 Å². The Bertz CT molecular complexity index is 585. The third-order valence-corrected chi connectivity index (χ3v) is 4.42. The average molecular weight is 489 g/mol. The summed E-state index contributed by atoms with van der Waals surface area (Å²) < 4.78 is 114. The molecule has 0 spiro atoms. The van der Waals surface area contributed by atoms with E-state index < -0.39 is 48.8 Å². The van der Waals surface area contributed by atoms with Gasteiger partial charge in [0.1, 0.15) is 0 Å². The van der Waals surface area contributed by atoms with Crippen LogP contribution in [-0.2, 0) is 4.79 Å². The van der Waals surface area contributed by atoms with E-state index in [0.717, 1.165) is 38.5 Å². The first-order valence-corrected chi connectivity index (χ1v) is 10.1. The minimum atomic E-state index is -6.96. The van der Waals surface area contributed by atoms with Crippen LogP contribution in [0.4, 0.5) is 44.3 Å². The lowest BCUT2D eigenvalue weighted by atomic mass is 10.0. The van der Waals surface area contributed by atoms with Gasteiger partial charge in [0.2, 0.25) is 5.91 Å². The fourth-order valence-corrected chi connectivity index (χ4v) is 2.47. The van der Waals surface area contributed by atoms with Gasteiger partial charge in [0.25, 0.3) is 0 Å². The molecule has 3 amide bonds. The maximum Gasteiger partial charge on any atom is 0.460 e. The van der Waals surface area contributed by atoms with Crippen LogP contribution in [0.2, 0.25) is 0 Å². The summed E-state index contributed by atoms with van der Waals surface area (Å²) in [4.78, 5) is 22.9. The number of unbranched alkanes of at least 4 members (excludes halogenated alkanes) is 5. The van der Waals surface area contributed by atoms with Gasteiger partial charge < -0.3 is 16.0 Å². The third kappa shape index (κ3) is 9.31. The lowest BCUT2D eigenvalue weighted by molar-refractivity contribution is -0.396. The Balaban J connectivity index is 4.18. The van der Waals surface area contributed by atoms with Gasteiger partial charge in [-0.2, -0.15) is 39.5 Å². The molecule has 32 heavy (non-hydrogen) atoms. The van der Waals surface area contributed by atoms with Gasteiger partial charge in [-0.15, -0.1) is 0 Å². The predicted octanol–water partition coefficient (Wildman–Crippen LogP) is 5.01. The smallest absolute Gasteiger partial charge is 0.356 e. The molecule has 0 saturated heterocycles. The molecule has 0 aromatic rings. The Labute approximate surface area is 179 Å². The van der Waals surface area contributed by atoms with Crippen LogP contribution in [0.3, 0.4) is 0 Å². The number of hydrogen-bond donors (Lipinski definition) is 3. The van der Waals surface area contributed by atoms with E-state index >= 15 is 0 Å². The Morgan fingerprint density at radius 1 is 0.656 bits per heavy atom. The van der Waals surface area contributed by atoms with Gasteiger partial charge in [-0.1, -0.05) is 39.0 Å². The zero-order chi connectivity index (χ0) is 25.1. The first-order valence-electron chi connectivity index (χ1n) is 10.1. The first kappa shape index (κ1) is 30.1. The molecule has 0 radical (unpaired) electrons. The van der Waals surface area contributed by atoms with Gasteiger partial charge >= 0.3 is 30.0 Å². The van der Waals surface area contributed by atoms with Crippen molar-refractivity contribution in [1.29, 1.82) is 0 Å². The molecule has 0 aliphatic carbocycles. The topological polar surface area (TPSA) is 70.2 Å². The molecular weight excluding hydrogens is 461 g/mol. The number of nitrogens with one attached hydrogen (secondary N) is 3. The molecule has 0 saturated carbocycles. The molecule has 14 heteroatoms. The molecule has 0 aromatic heterocycles. The lowest BCUT2D eigenvalue weighted by Gasteiger charge is -2.33. The standard InChI is InChI=1S/C18H28F9N3O2/c1-2-3-4-5-6-7-10-28-13(31)8-11-29-14(32)30-12-9-15(19,20)16(21,22)17(23,24)18(25,26)27/h2-12H2,1H3,(H,28,31)(H2,29,30,32). The van der Waals surface area contributed by atoms with Crippen molar-refractivity contribution in [3.05, 3.63) is 0 Å². The molecule has 0 rings (SSSR count). The van der Waals surface area contributed by atoms with Crippen molar-refractivity contribution >= 4 is 11.9 Å². The Hall–Kier alpha value is -1.89. The van der Waals surface area contributed by atoms with E-state index in [0.29, 0.717) is 6.54 Å². The van der Waals surface area contributed by atoms with E-state index in [-0.39, 0.29) is 13.0 Å². The van der Waals surface area contributed by atoms with E-state index in [1.54, 1.807) is 5.32 Å². The quantitative estimate of drug-likeness (QED) is 0.224. The van der Waals surface area contributed by atoms with E-state index in [4.69, 9.17) is 0 Å². The summed E-state index contributed by atoms with van der Waals surface area (Å²) in [6.07, 6.45) is -3.11. The fourth-order valence-electron chi connectivity index (χ4n) is 2.47. The zero-order valence-electron chi connectivity index (χ0n) is 17.5. The maximum atomic E-state index is 13.3. The Kier molecular flexibility index (Phi) is 12.2. The molecule has 0 aliphatic heterocycles. The summed E-state index contributed by atoms with van der Waals surface area (Å²) in [5.41, 5.74) is 0. The second kappa shape index (κ2) is 13.0. The second-order valence-electron chi connectivity index (χ2n) is 7.15. The number of rotatable bonds is 15. The van der Waals surface area contributed by atoms with Crippen LogP contribution in [0.1, 0.15) is 58.3 Å². The number of carbonyl (C=O) groups is 2. The normalized spacial score (nSPS) is 13.1. The molecule has 0 fully saturated rings. The van der Waals surface area contributed by atoms with Crippen molar-refractivity contribution in [2.45, 2.75) is 82.2 Å². The van der Waals surface area contributed by atoms with Crippen LogP contribution in [0.5, 0.6) is 0 Å². The van der Waals surface area contributed by atoms with Gasteiger partial charge in [-0.3, -0.25) is 4.79 Å². The monoisotopic (exact) mass is 489 g/mol. The highest BCUT2D eigenvalue weighted by atomic mass is 19.4. The Morgan fingerprint density at radius 2 is 1.19 bits per heavy atom. The van der Waals surface area contributed by atoms with Crippen LogP contribution in [-0.4, -0.2) is 55.5 Å². The molecule has 0 bridgehead atoms. The van der Waals surface area contributed by atoms with Crippen molar-refractivity contribution in [2.24, 2.45) is 0 Å². The van der Waals surface area contributed by atoms with Crippen LogP contribution >= 0.6 is 0 Å². The number of urea groups is 1. The van der Waals surface area contributed by atoms with E-state index in [9.17, 15) is 49.1 Å². The maximum absolute atomic E-state index is 13.3. The largest absolute Gasteiger partial charge is 0.460 e. The Morgan fingerprint density at radius 3 is 1.75 bits per heavy atom. The van der Waals surface area contributed by atoms with Crippen LogP contribution in [0.25, 0.3) is 0 Å². The molecule has 0 heterocycles. The zero-order valence-corrected chi connectivity index (χ0v) is 17.5. The highest BCUT2D eigenvalue weighted by molar-refractivity contribution is 5.78. The molecular formula is C18H28F9N3O2. The number of carbonyl (C=O) groups excluding carboxylic acids is 2. The number of amides is 3. The molecule has 190 valence electrons. The van der Waals surface area contributed by atoms with Crippen molar-refractivity contribution in [3.8, 4) is 0 Å². The minimum Gasteiger partial charge on any atom is -0.356 e. The van der Waals surface area contributed by atoms with Crippen molar-refractivity contribution in [2.75, 3.05) is 19.6 Å². The molecule has 5 nitrogen and oxygen atoms in total. The first-order chi connectivity index (χ1) is 14.6. The number of alkyl halides is 9. The minimum absolute atomic E-state index is 0.171. The molecule has 0 aliphatic rings. The fraction of sp³-hybridized carbons (Fsp3) is 0.889. The van der Waals surface area contributed by atoms with E-state index in [2.05, 4.69) is 12.2 Å². The molecule has 0 aromatic carbocycles. The van der Waals surface area contributed by atoms with Gasteiger partial charge in [0.05, 0.1) is 0 Å². The summed E-state index contributed by atoms with van der Waals surface area (Å²) in [6.45, 7) is 0.963. The van der Waals surface area contributed by atoms with Crippen molar-refractivity contribution in [1.82, 2.24) is 16.0 Å². The summed E-state index contributed by atoms with van der Waals surface area (Å²) in [7, 11) is 0.